The van der Waals surface area contributed by atoms with Crippen LogP contribution >= 0.6 is 0 Å². The third-order valence-corrected chi connectivity index (χ3v) is 2.36. The molecule has 0 aliphatic rings. The van der Waals surface area contributed by atoms with Crippen LogP contribution in [0.25, 0.3) is 0 Å². The first-order valence-electron chi connectivity index (χ1n) is 6.39. The normalized spacial score (nSPS) is 10.3. The van der Waals surface area contributed by atoms with Crippen molar-refractivity contribution in [1.29, 1.82) is 0 Å². The summed E-state index contributed by atoms with van der Waals surface area (Å²) in [5.41, 5.74) is 1.17. The van der Waals surface area contributed by atoms with E-state index < -0.39 is 0 Å². The van der Waals surface area contributed by atoms with Crippen molar-refractivity contribution in [2.45, 2.75) is 13.3 Å². The largest absolute Gasteiger partial charge is 0.462 e. The van der Waals surface area contributed by atoms with E-state index in [0.29, 0.717) is 24.4 Å². The number of nitrogens with one attached hydrogen (secondary N) is 2. The van der Waals surface area contributed by atoms with Crippen LogP contribution < -0.4 is 10.2 Å². The average Bonchev–Trinajstić information content (AvgIpc) is 2.35. The topological polar surface area (TPSA) is 59.8 Å². The van der Waals surface area contributed by atoms with Gasteiger partial charge in [-0.3, -0.25) is 4.79 Å². The van der Waals surface area contributed by atoms with E-state index in [-0.39, 0.29) is 11.9 Å². The van der Waals surface area contributed by atoms with Gasteiger partial charge in [0.2, 0.25) is 0 Å². The van der Waals surface area contributed by atoms with Crippen LogP contribution in [0.15, 0.2) is 24.3 Å². The Bertz CT molecular complexity index is 427. The molecule has 0 saturated heterocycles. The molecule has 0 radical (unpaired) electrons. The van der Waals surface area contributed by atoms with Crippen LogP contribution in [0.2, 0.25) is 0 Å². The molecular weight excluding hydrogens is 244 g/mol. The van der Waals surface area contributed by atoms with Crippen molar-refractivity contribution in [3.63, 3.8) is 0 Å². The number of likely N-dealkylation sites (N-methyl/N-ethyl adjacent to an activating group) is 1. The molecule has 0 bridgehead atoms. The number of carbonyl (C=O) groups is 2. The minimum absolute atomic E-state index is 0.0543. The molecule has 1 amide bonds. The number of hydrogen-bond donors (Lipinski definition) is 2. The van der Waals surface area contributed by atoms with Gasteiger partial charge in [0.05, 0.1) is 26.3 Å². The van der Waals surface area contributed by atoms with Crippen LogP contribution in [-0.4, -0.2) is 39.1 Å². The second-order valence-electron chi connectivity index (χ2n) is 4.65. The maximum atomic E-state index is 11.6. The third-order valence-electron chi connectivity index (χ3n) is 2.36. The number of rotatable bonds is 6. The molecule has 0 unspecified atom stereocenters. The van der Waals surface area contributed by atoms with Crippen LogP contribution in [0.5, 0.6) is 0 Å². The molecule has 0 atom stereocenters. The molecule has 0 saturated carbocycles. The lowest BCUT2D eigenvalue weighted by Gasteiger charge is -2.08. The lowest BCUT2D eigenvalue weighted by molar-refractivity contribution is -0.849. The Morgan fingerprint density at radius 1 is 1.21 bits per heavy atom. The molecule has 5 heteroatoms. The van der Waals surface area contributed by atoms with Gasteiger partial charge in [0.1, 0.15) is 0 Å². The highest BCUT2D eigenvalue weighted by Gasteiger charge is 2.09. The molecule has 1 rings (SSSR count). The van der Waals surface area contributed by atoms with E-state index in [1.807, 2.05) is 21.0 Å². The van der Waals surface area contributed by atoms with E-state index in [1.54, 1.807) is 24.3 Å². The molecule has 5 nitrogen and oxygen atoms in total. The van der Waals surface area contributed by atoms with Gasteiger partial charge in [-0.25, -0.2) is 4.79 Å². The van der Waals surface area contributed by atoms with Crippen molar-refractivity contribution in [3.05, 3.63) is 29.8 Å². The van der Waals surface area contributed by atoms with Crippen LogP contribution in [0.3, 0.4) is 0 Å². The molecule has 0 spiro atoms. The van der Waals surface area contributed by atoms with Gasteiger partial charge < -0.3 is 15.0 Å². The lowest BCUT2D eigenvalue weighted by atomic mass is 10.2. The number of esters is 1. The van der Waals surface area contributed by atoms with Crippen LogP contribution in [0.1, 0.15) is 23.7 Å². The molecule has 0 aliphatic heterocycles. The molecule has 0 aliphatic carbocycles. The second kappa shape index (κ2) is 7.53. The highest BCUT2D eigenvalue weighted by atomic mass is 16.5. The SMILES string of the molecule is CCCOC(=O)c1ccc(NC(=O)C[NH+](C)C)cc1. The fourth-order valence-corrected chi connectivity index (χ4v) is 1.49. The van der Waals surface area contributed by atoms with Gasteiger partial charge >= 0.3 is 5.97 Å². The number of amides is 1. The van der Waals surface area contributed by atoms with E-state index in [9.17, 15) is 9.59 Å². The maximum absolute atomic E-state index is 11.6. The highest BCUT2D eigenvalue weighted by Crippen LogP contribution is 2.10. The summed E-state index contributed by atoms with van der Waals surface area (Å²) in [4.78, 5) is 24.2. The monoisotopic (exact) mass is 265 g/mol. The molecule has 19 heavy (non-hydrogen) atoms. The first kappa shape index (κ1) is 15.2. The summed E-state index contributed by atoms with van der Waals surface area (Å²) in [6, 6.07) is 6.70. The Morgan fingerprint density at radius 2 is 1.84 bits per heavy atom. The molecule has 0 fully saturated rings. The first-order valence-corrected chi connectivity index (χ1v) is 6.39. The zero-order chi connectivity index (χ0) is 14.3. The summed E-state index contributed by atoms with van der Waals surface area (Å²) < 4.78 is 5.02. The number of anilines is 1. The Labute approximate surface area is 113 Å². The zero-order valence-corrected chi connectivity index (χ0v) is 11.7. The number of quaternary nitrogens is 1. The fraction of sp³-hybridized carbons (Fsp3) is 0.429. The van der Waals surface area contributed by atoms with Crippen molar-refractivity contribution in [1.82, 2.24) is 0 Å². The molecular formula is C14H21N2O3+. The van der Waals surface area contributed by atoms with Crippen molar-refractivity contribution in [2.75, 3.05) is 32.6 Å². The van der Waals surface area contributed by atoms with Gasteiger partial charge in [0.15, 0.2) is 6.54 Å². The summed E-state index contributed by atoms with van der Waals surface area (Å²) in [6.45, 7) is 2.77. The number of hydrogen-bond acceptors (Lipinski definition) is 3. The maximum Gasteiger partial charge on any atom is 0.338 e. The van der Waals surface area contributed by atoms with Crippen molar-refractivity contribution >= 4 is 17.6 Å². The van der Waals surface area contributed by atoms with E-state index in [4.69, 9.17) is 4.74 Å². The molecule has 1 aromatic carbocycles. The summed E-state index contributed by atoms with van der Waals surface area (Å²) >= 11 is 0. The molecule has 1 aromatic rings. The minimum Gasteiger partial charge on any atom is -0.462 e. The smallest absolute Gasteiger partial charge is 0.338 e. The summed E-state index contributed by atoms with van der Waals surface area (Å²) in [5.74, 6) is -0.390. The predicted octanol–water partition coefficient (Wildman–Crippen LogP) is 0.336. The number of benzene rings is 1. The second-order valence-corrected chi connectivity index (χ2v) is 4.65. The van der Waals surface area contributed by atoms with E-state index in [2.05, 4.69) is 5.32 Å². The minimum atomic E-state index is -0.336. The molecule has 2 N–H and O–H groups in total. The Hall–Kier alpha value is -1.88. The lowest BCUT2D eigenvalue weighted by Crippen LogP contribution is -3.06. The first-order chi connectivity index (χ1) is 9.02. The van der Waals surface area contributed by atoms with Crippen LogP contribution in [-0.2, 0) is 9.53 Å². The highest BCUT2D eigenvalue weighted by molar-refractivity contribution is 5.93. The third kappa shape index (κ3) is 5.52. The summed E-state index contributed by atoms with van der Waals surface area (Å²) in [5, 5.41) is 2.77. The molecule has 0 heterocycles. The van der Waals surface area contributed by atoms with Gasteiger partial charge in [-0.2, -0.15) is 0 Å². The number of carbonyl (C=O) groups excluding carboxylic acids is 2. The van der Waals surface area contributed by atoms with Gasteiger partial charge in [-0.05, 0) is 30.7 Å². The molecule has 104 valence electrons. The van der Waals surface area contributed by atoms with Crippen molar-refractivity contribution in [2.24, 2.45) is 0 Å². The summed E-state index contributed by atoms with van der Waals surface area (Å²) in [6.07, 6.45) is 0.798. The predicted molar refractivity (Wildman–Crippen MR) is 73.3 cm³/mol. The standard InChI is InChI=1S/C14H20N2O3/c1-4-9-19-14(18)11-5-7-12(8-6-11)15-13(17)10-16(2)3/h5-8H,4,9-10H2,1-3H3,(H,15,17)/p+1. The van der Waals surface area contributed by atoms with E-state index in [1.165, 1.54) is 0 Å². The van der Waals surface area contributed by atoms with Gasteiger partial charge in [0.25, 0.3) is 5.91 Å². The van der Waals surface area contributed by atoms with Gasteiger partial charge in [0, 0.05) is 5.69 Å². The van der Waals surface area contributed by atoms with Gasteiger partial charge in [-0.1, -0.05) is 6.92 Å². The van der Waals surface area contributed by atoms with Crippen molar-refractivity contribution < 1.29 is 19.2 Å². The quantitative estimate of drug-likeness (QED) is 0.729. The van der Waals surface area contributed by atoms with Crippen LogP contribution in [0.4, 0.5) is 5.69 Å². The Kier molecular flexibility index (Phi) is 6.02. The Morgan fingerprint density at radius 3 is 2.37 bits per heavy atom. The summed E-state index contributed by atoms with van der Waals surface area (Å²) in [7, 11) is 3.82. The fourth-order valence-electron chi connectivity index (χ4n) is 1.49. The van der Waals surface area contributed by atoms with E-state index >= 15 is 0 Å². The van der Waals surface area contributed by atoms with Gasteiger partial charge in [-0.15, -0.1) is 0 Å². The molecule has 0 aromatic heterocycles. The average molecular weight is 265 g/mol. The number of ether oxygens (including phenoxy) is 1. The Balaban J connectivity index is 2.56. The van der Waals surface area contributed by atoms with Crippen LogP contribution in [0, 0.1) is 0 Å². The van der Waals surface area contributed by atoms with Crippen molar-refractivity contribution in [3.8, 4) is 0 Å². The van der Waals surface area contributed by atoms with E-state index in [0.717, 1.165) is 11.3 Å². The zero-order valence-electron chi connectivity index (χ0n) is 11.7.